The Morgan fingerprint density at radius 3 is 2.47 bits per heavy atom. The van der Waals surface area contributed by atoms with E-state index >= 15 is 0 Å². The van der Waals surface area contributed by atoms with Crippen molar-refractivity contribution in [3.8, 4) is 17.2 Å². The first kappa shape index (κ1) is 22.2. The molecule has 3 rings (SSSR count). The summed E-state index contributed by atoms with van der Waals surface area (Å²) in [5.74, 6) is 1.53. The lowest BCUT2D eigenvalue weighted by atomic mass is 10.2. The largest absolute Gasteiger partial charge is 0.502 e. The van der Waals surface area contributed by atoms with E-state index in [0.717, 1.165) is 37.7 Å². The maximum atomic E-state index is 10.1. The molecule has 0 radical (unpaired) electrons. The molecule has 2 aromatic rings. The Kier molecular flexibility index (Phi) is 8.21. The third kappa shape index (κ3) is 5.58. The Bertz CT molecular complexity index is 795. The van der Waals surface area contributed by atoms with Crippen molar-refractivity contribution in [1.29, 1.82) is 0 Å². The van der Waals surface area contributed by atoms with Crippen molar-refractivity contribution in [3.63, 3.8) is 0 Å². The predicted octanol–water partition coefficient (Wildman–Crippen LogP) is 3.36. The molecule has 1 aliphatic rings. The van der Waals surface area contributed by atoms with Crippen molar-refractivity contribution >= 4 is 17.3 Å². The van der Waals surface area contributed by atoms with Gasteiger partial charge in [0.15, 0.2) is 17.5 Å². The number of benzene rings is 1. The Morgan fingerprint density at radius 2 is 1.90 bits per heavy atom. The van der Waals surface area contributed by atoms with E-state index in [1.807, 2.05) is 11.3 Å². The van der Waals surface area contributed by atoms with Gasteiger partial charge in [-0.15, -0.1) is 11.3 Å². The van der Waals surface area contributed by atoms with Crippen LogP contribution in [0.25, 0.3) is 0 Å². The number of phenolic OH excluding ortho intramolecular Hbond substituents is 1. The molecule has 1 fully saturated rings. The second-order valence-corrected chi connectivity index (χ2v) is 8.18. The fourth-order valence-electron chi connectivity index (χ4n) is 3.69. The number of hydrogen-bond donors (Lipinski definition) is 3. The number of aliphatic imine (C=N–C) groups is 1. The van der Waals surface area contributed by atoms with Gasteiger partial charge in [0, 0.05) is 18.0 Å². The van der Waals surface area contributed by atoms with Crippen molar-refractivity contribution in [1.82, 2.24) is 15.5 Å². The molecule has 2 heterocycles. The number of methoxy groups -OCH3 is 2. The van der Waals surface area contributed by atoms with Crippen molar-refractivity contribution in [2.75, 3.05) is 40.4 Å². The quantitative estimate of drug-likeness (QED) is 0.417. The zero-order chi connectivity index (χ0) is 21.3. The van der Waals surface area contributed by atoms with Crippen molar-refractivity contribution < 1.29 is 14.6 Å². The van der Waals surface area contributed by atoms with Crippen LogP contribution in [0, 0.1) is 0 Å². The fourth-order valence-corrected chi connectivity index (χ4v) is 4.55. The van der Waals surface area contributed by atoms with Crippen molar-refractivity contribution in [3.05, 3.63) is 40.1 Å². The summed E-state index contributed by atoms with van der Waals surface area (Å²) in [5, 5.41) is 19.1. The topological polar surface area (TPSA) is 78.4 Å². The van der Waals surface area contributed by atoms with Crippen LogP contribution in [0.1, 0.15) is 36.2 Å². The van der Waals surface area contributed by atoms with E-state index in [1.54, 1.807) is 12.1 Å². The molecule has 0 bridgehead atoms. The summed E-state index contributed by atoms with van der Waals surface area (Å²) in [6, 6.07) is 8.25. The molecular formula is C22H32N4O3S. The summed E-state index contributed by atoms with van der Waals surface area (Å²) in [7, 11) is 3.05. The summed E-state index contributed by atoms with van der Waals surface area (Å²) in [5.41, 5.74) is 0.896. The molecular weight excluding hydrogens is 400 g/mol. The number of nitrogens with one attached hydrogen (secondary N) is 2. The molecule has 0 spiro atoms. The number of guanidine groups is 1. The molecule has 1 aliphatic heterocycles. The third-order valence-corrected chi connectivity index (χ3v) is 6.19. The van der Waals surface area contributed by atoms with Crippen LogP contribution >= 0.6 is 11.3 Å². The lowest BCUT2D eigenvalue weighted by Crippen LogP contribution is -2.42. The zero-order valence-electron chi connectivity index (χ0n) is 18.0. The van der Waals surface area contributed by atoms with Gasteiger partial charge in [0.05, 0.1) is 26.8 Å². The average Bonchev–Trinajstić information content (AvgIpc) is 3.47. The summed E-state index contributed by atoms with van der Waals surface area (Å²) in [6.45, 7) is 6.36. The summed E-state index contributed by atoms with van der Waals surface area (Å²) in [4.78, 5) is 8.67. The lowest BCUT2D eigenvalue weighted by Gasteiger charge is -2.27. The molecule has 0 aliphatic carbocycles. The zero-order valence-corrected chi connectivity index (χ0v) is 18.8. The van der Waals surface area contributed by atoms with Gasteiger partial charge >= 0.3 is 0 Å². The smallest absolute Gasteiger partial charge is 0.200 e. The van der Waals surface area contributed by atoms with Gasteiger partial charge in [-0.05, 0) is 62.0 Å². The van der Waals surface area contributed by atoms with E-state index in [4.69, 9.17) is 14.5 Å². The first-order chi connectivity index (χ1) is 14.7. The van der Waals surface area contributed by atoms with Gasteiger partial charge in [0.25, 0.3) is 0 Å². The van der Waals surface area contributed by atoms with Crippen LogP contribution in [0.4, 0.5) is 0 Å². The number of thiophene rings is 1. The van der Waals surface area contributed by atoms with Crippen LogP contribution in [0.2, 0.25) is 0 Å². The number of rotatable bonds is 9. The highest BCUT2D eigenvalue weighted by Gasteiger charge is 2.24. The number of ether oxygens (including phenoxy) is 2. The maximum Gasteiger partial charge on any atom is 0.200 e. The number of hydrogen-bond acceptors (Lipinski definition) is 6. The average molecular weight is 433 g/mol. The molecule has 8 heteroatoms. The highest BCUT2D eigenvalue weighted by Crippen LogP contribution is 2.37. The molecule has 1 atom stereocenters. The van der Waals surface area contributed by atoms with Gasteiger partial charge in [-0.3, -0.25) is 4.90 Å². The van der Waals surface area contributed by atoms with Gasteiger partial charge in [0.1, 0.15) is 0 Å². The minimum absolute atomic E-state index is 0.00200. The second-order valence-electron chi connectivity index (χ2n) is 7.20. The highest BCUT2D eigenvalue weighted by molar-refractivity contribution is 7.10. The molecule has 1 aromatic heterocycles. The van der Waals surface area contributed by atoms with Crippen LogP contribution in [-0.2, 0) is 6.54 Å². The second kappa shape index (κ2) is 11.1. The molecule has 7 nitrogen and oxygen atoms in total. The molecule has 3 N–H and O–H groups in total. The summed E-state index contributed by atoms with van der Waals surface area (Å²) in [6.07, 6.45) is 2.53. The minimum atomic E-state index is 0.00200. The van der Waals surface area contributed by atoms with Crippen molar-refractivity contribution in [2.24, 2.45) is 4.99 Å². The highest BCUT2D eigenvalue weighted by atomic mass is 32.1. The van der Waals surface area contributed by atoms with E-state index < -0.39 is 0 Å². The molecule has 1 saturated heterocycles. The first-order valence-electron chi connectivity index (χ1n) is 10.4. The summed E-state index contributed by atoms with van der Waals surface area (Å²) >= 11 is 1.81. The molecule has 1 unspecified atom stereocenters. The van der Waals surface area contributed by atoms with E-state index in [1.165, 1.54) is 31.9 Å². The molecule has 30 heavy (non-hydrogen) atoms. The minimum Gasteiger partial charge on any atom is -0.502 e. The Hall–Kier alpha value is -2.45. The Balaban J connectivity index is 1.71. The number of aromatic hydroxyl groups is 1. The van der Waals surface area contributed by atoms with Gasteiger partial charge in [-0.1, -0.05) is 6.07 Å². The first-order valence-corrected chi connectivity index (χ1v) is 11.3. The number of nitrogens with zero attached hydrogens (tertiary/aromatic N) is 2. The Labute approximate surface area is 182 Å². The van der Waals surface area contributed by atoms with Crippen LogP contribution in [0.5, 0.6) is 17.2 Å². The van der Waals surface area contributed by atoms with Crippen LogP contribution in [0.15, 0.2) is 34.6 Å². The molecule has 0 amide bonds. The molecule has 164 valence electrons. The van der Waals surface area contributed by atoms with E-state index in [0.29, 0.717) is 24.1 Å². The van der Waals surface area contributed by atoms with E-state index in [9.17, 15) is 5.11 Å². The predicted molar refractivity (Wildman–Crippen MR) is 122 cm³/mol. The van der Waals surface area contributed by atoms with E-state index in [-0.39, 0.29) is 5.75 Å². The fraction of sp³-hybridized carbons (Fsp3) is 0.500. The SMILES string of the molecule is CCNC(=NCc1cc(OC)c(O)c(OC)c1)NCC(c1cccs1)N1CCCC1. The maximum absolute atomic E-state index is 10.1. The Morgan fingerprint density at radius 1 is 1.20 bits per heavy atom. The monoisotopic (exact) mass is 432 g/mol. The van der Waals surface area contributed by atoms with Gasteiger partial charge in [0.2, 0.25) is 5.75 Å². The van der Waals surface area contributed by atoms with Crippen LogP contribution in [0.3, 0.4) is 0 Å². The van der Waals surface area contributed by atoms with E-state index in [2.05, 4.69) is 40.0 Å². The van der Waals surface area contributed by atoms with Crippen molar-refractivity contribution in [2.45, 2.75) is 32.4 Å². The normalized spacial score (nSPS) is 15.8. The number of likely N-dealkylation sites (tertiary alicyclic amines) is 1. The van der Waals surface area contributed by atoms with Gasteiger partial charge < -0.3 is 25.2 Å². The molecule has 1 aromatic carbocycles. The summed E-state index contributed by atoms with van der Waals surface area (Å²) < 4.78 is 10.5. The van der Waals surface area contributed by atoms with Crippen LogP contribution < -0.4 is 20.1 Å². The third-order valence-electron chi connectivity index (χ3n) is 5.22. The number of phenols is 1. The molecule has 0 saturated carbocycles. The van der Waals surface area contributed by atoms with Gasteiger partial charge in [-0.25, -0.2) is 4.99 Å². The standard InChI is InChI=1S/C22H32N4O3S/c1-4-23-22(24-14-16-12-18(28-2)21(27)19(13-16)29-3)25-15-17(20-8-7-11-30-20)26-9-5-6-10-26/h7-8,11-13,17,27H,4-6,9-10,14-15H2,1-3H3,(H2,23,24,25). The van der Waals surface area contributed by atoms with Gasteiger partial charge in [-0.2, -0.15) is 0 Å². The lowest BCUT2D eigenvalue weighted by molar-refractivity contribution is 0.249. The van der Waals surface area contributed by atoms with Crippen LogP contribution in [-0.4, -0.2) is 56.4 Å².